The lowest BCUT2D eigenvalue weighted by atomic mass is 9.99. The summed E-state index contributed by atoms with van der Waals surface area (Å²) in [4.78, 5) is 0. The molecule has 23 heavy (non-hydrogen) atoms. The van der Waals surface area contributed by atoms with E-state index in [2.05, 4.69) is 13.8 Å². The fourth-order valence-corrected chi connectivity index (χ4v) is 3.35. The third-order valence-electron chi connectivity index (χ3n) is 4.99. The molecule has 1 rings (SSSR count). The highest BCUT2D eigenvalue weighted by Crippen LogP contribution is 2.24. The van der Waals surface area contributed by atoms with Crippen LogP contribution >= 0.6 is 0 Å². The van der Waals surface area contributed by atoms with Crippen LogP contribution in [0.3, 0.4) is 0 Å². The normalized spacial score (nSPS) is 25.4. The fraction of sp³-hybridized carbons (Fsp3) is 1.00. The second-order valence-electron chi connectivity index (χ2n) is 7.25. The minimum Gasteiger partial charge on any atom is -0.390 e. The van der Waals surface area contributed by atoms with Crippen molar-refractivity contribution in [1.82, 2.24) is 0 Å². The van der Waals surface area contributed by atoms with E-state index in [-0.39, 0.29) is 12.2 Å². The van der Waals surface area contributed by atoms with Crippen molar-refractivity contribution in [3.8, 4) is 0 Å². The molecule has 0 aromatic heterocycles. The molecule has 1 fully saturated rings. The van der Waals surface area contributed by atoms with Crippen molar-refractivity contribution in [2.45, 2.75) is 121 Å². The van der Waals surface area contributed by atoms with E-state index in [1.807, 2.05) is 0 Å². The molecule has 2 unspecified atom stereocenters. The highest BCUT2D eigenvalue weighted by Gasteiger charge is 2.27. The maximum absolute atomic E-state index is 10.1. The van der Waals surface area contributed by atoms with Gasteiger partial charge in [0.15, 0.2) is 0 Å². The Hall–Kier alpha value is -0.160. The first-order valence-corrected chi connectivity index (χ1v) is 9.74. The molecule has 1 aliphatic rings. The van der Waals surface area contributed by atoms with E-state index in [0.717, 1.165) is 64.2 Å². The number of hydrogen-bond donors (Lipinski definition) is 3. The van der Waals surface area contributed by atoms with Gasteiger partial charge < -0.3 is 20.1 Å². The molecule has 0 radical (unpaired) electrons. The summed E-state index contributed by atoms with van der Waals surface area (Å²) in [6.45, 7) is 4.20. The van der Waals surface area contributed by atoms with E-state index in [0.29, 0.717) is 18.9 Å². The lowest BCUT2D eigenvalue weighted by Gasteiger charge is -2.19. The Kier molecular flexibility index (Phi) is 11.1. The zero-order valence-corrected chi connectivity index (χ0v) is 15.1. The van der Waals surface area contributed by atoms with Crippen LogP contribution in [0, 0.1) is 0 Å². The summed E-state index contributed by atoms with van der Waals surface area (Å²) in [5.74, 6) is 0. The average Bonchev–Trinajstić information content (AvgIpc) is 2.97. The Bertz CT molecular complexity index is 285. The standard InChI is InChI=1S/C19H38O4/c1-3-4-7-10-16(20)17(21)11-8-5-6-9-12-18(22)19-14-13-15(2)23-19/h15-22H,3-14H2,1-2H3/t15-,16?,17?,18+,19+/m1/s1. The van der Waals surface area contributed by atoms with Crippen molar-refractivity contribution >= 4 is 0 Å². The van der Waals surface area contributed by atoms with Crippen LogP contribution < -0.4 is 0 Å². The predicted octanol–water partition coefficient (Wildman–Crippen LogP) is 3.56. The van der Waals surface area contributed by atoms with Gasteiger partial charge in [0.1, 0.15) is 0 Å². The molecule has 5 atom stereocenters. The monoisotopic (exact) mass is 330 g/mol. The molecule has 1 saturated heterocycles. The molecule has 0 aliphatic carbocycles. The molecule has 0 aromatic carbocycles. The van der Waals surface area contributed by atoms with Crippen LogP contribution in [0.5, 0.6) is 0 Å². The second-order valence-corrected chi connectivity index (χ2v) is 7.25. The van der Waals surface area contributed by atoms with Gasteiger partial charge in [-0.05, 0) is 39.0 Å². The van der Waals surface area contributed by atoms with Crippen LogP contribution in [0.1, 0.15) is 90.9 Å². The van der Waals surface area contributed by atoms with Crippen LogP contribution in [0.2, 0.25) is 0 Å². The third-order valence-corrected chi connectivity index (χ3v) is 4.99. The van der Waals surface area contributed by atoms with Gasteiger partial charge >= 0.3 is 0 Å². The van der Waals surface area contributed by atoms with Crippen LogP contribution in [-0.2, 0) is 4.74 Å². The van der Waals surface area contributed by atoms with Crippen molar-refractivity contribution in [2.75, 3.05) is 0 Å². The first-order valence-electron chi connectivity index (χ1n) is 9.74. The molecular formula is C19H38O4. The van der Waals surface area contributed by atoms with Gasteiger partial charge in [0.05, 0.1) is 30.5 Å². The lowest BCUT2D eigenvalue weighted by molar-refractivity contribution is -0.0323. The molecule has 3 N–H and O–H groups in total. The van der Waals surface area contributed by atoms with Crippen molar-refractivity contribution in [2.24, 2.45) is 0 Å². The quantitative estimate of drug-likeness (QED) is 0.452. The molecule has 0 spiro atoms. The van der Waals surface area contributed by atoms with E-state index < -0.39 is 12.2 Å². The van der Waals surface area contributed by atoms with Gasteiger partial charge in [0, 0.05) is 0 Å². The smallest absolute Gasteiger partial charge is 0.0838 e. The lowest BCUT2D eigenvalue weighted by Crippen LogP contribution is -2.26. The van der Waals surface area contributed by atoms with Crippen molar-refractivity contribution < 1.29 is 20.1 Å². The van der Waals surface area contributed by atoms with Gasteiger partial charge in [-0.15, -0.1) is 0 Å². The number of aliphatic hydroxyl groups is 3. The molecule has 0 aromatic rings. The number of hydrogen-bond acceptors (Lipinski definition) is 4. The average molecular weight is 331 g/mol. The van der Waals surface area contributed by atoms with Crippen LogP contribution in [0.25, 0.3) is 0 Å². The Balaban J connectivity index is 1.96. The van der Waals surface area contributed by atoms with E-state index >= 15 is 0 Å². The number of rotatable bonds is 13. The highest BCUT2D eigenvalue weighted by molar-refractivity contribution is 4.77. The zero-order chi connectivity index (χ0) is 17.1. The van der Waals surface area contributed by atoms with Crippen molar-refractivity contribution in [1.29, 1.82) is 0 Å². The molecule has 138 valence electrons. The fourth-order valence-electron chi connectivity index (χ4n) is 3.35. The van der Waals surface area contributed by atoms with Gasteiger partial charge in [0.25, 0.3) is 0 Å². The van der Waals surface area contributed by atoms with Crippen molar-refractivity contribution in [3.05, 3.63) is 0 Å². The number of aliphatic hydroxyl groups excluding tert-OH is 3. The van der Waals surface area contributed by atoms with Gasteiger partial charge in [-0.2, -0.15) is 0 Å². The Morgan fingerprint density at radius 3 is 1.91 bits per heavy atom. The first kappa shape index (κ1) is 20.9. The summed E-state index contributed by atoms with van der Waals surface area (Å²) >= 11 is 0. The molecule has 1 heterocycles. The Morgan fingerprint density at radius 1 is 0.826 bits per heavy atom. The topological polar surface area (TPSA) is 69.9 Å². The summed E-state index contributed by atoms with van der Waals surface area (Å²) < 4.78 is 5.69. The second kappa shape index (κ2) is 12.2. The first-order chi connectivity index (χ1) is 11.0. The van der Waals surface area contributed by atoms with E-state index in [9.17, 15) is 15.3 Å². The molecule has 0 amide bonds. The molecule has 0 saturated carbocycles. The molecule has 4 nitrogen and oxygen atoms in total. The van der Waals surface area contributed by atoms with E-state index in [1.165, 1.54) is 0 Å². The SMILES string of the molecule is CCCCCC(O)C(O)CCCCCC[C@H](O)[C@@H]1CC[C@@H](C)O1. The Morgan fingerprint density at radius 2 is 1.39 bits per heavy atom. The summed E-state index contributed by atoms with van der Waals surface area (Å²) in [7, 11) is 0. The van der Waals surface area contributed by atoms with E-state index in [1.54, 1.807) is 0 Å². The molecule has 0 bridgehead atoms. The van der Waals surface area contributed by atoms with Gasteiger partial charge in [0.2, 0.25) is 0 Å². The van der Waals surface area contributed by atoms with Crippen LogP contribution in [-0.4, -0.2) is 45.8 Å². The van der Waals surface area contributed by atoms with Gasteiger partial charge in [-0.1, -0.05) is 51.9 Å². The van der Waals surface area contributed by atoms with Crippen LogP contribution in [0.15, 0.2) is 0 Å². The minimum absolute atomic E-state index is 0.0325. The summed E-state index contributed by atoms with van der Waals surface area (Å²) in [6, 6.07) is 0. The van der Waals surface area contributed by atoms with Gasteiger partial charge in [-0.25, -0.2) is 0 Å². The number of ether oxygens (including phenoxy) is 1. The predicted molar refractivity (Wildman–Crippen MR) is 93.4 cm³/mol. The molecular weight excluding hydrogens is 292 g/mol. The van der Waals surface area contributed by atoms with E-state index in [4.69, 9.17) is 4.74 Å². The zero-order valence-electron chi connectivity index (χ0n) is 15.1. The number of unbranched alkanes of at least 4 members (excludes halogenated alkanes) is 5. The summed E-state index contributed by atoms with van der Waals surface area (Å²) in [5.41, 5.74) is 0. The Labute approximate surface area is 142 Å². The minimum atomic E-state index is -0.578. The summed E-state index contributed by atoms with van der Waals surface area (Å²) in [6.07, 6.45) is 10.4. The maximum Gasteiger partial charge on any atom is 0.0838 e. The molecule has 1 aliphatic heterocycles. The van der Waals surface area contributed by atoms with Gasteiger partial charge in [-0.3, -0.25) is 0 Å². The highest BCUT2D eigenvalue weighted by atomic mass is 16.5. The molecule has 4 heteroatoms. The third kappa shape index (κ3) is 9.04. The summed E-state index contributed by atoms with van der Waals surface area (Å²) in [5, 5.41) is 29.9. The maximum atomic E-state index is 10.1. The van der Waals surface area contributed by atoms with Crippen molar-refractivity contribution in [3.63, 3.8) is 0 Å². The van der Waals surface area contributed by atoms with Crippen LogP contribution in [0.4, 0.5) is 0 Å². The largest absolute Gasteiger partial charge is 0.390 e.